The number of amides is 1. The number of Topliss-reactive ketones (excluding diaryl/α,β-unsaturated/α-hetero) is 1. The first-order chi connectivity index (χ1) is 20.2. The van der Waals surface area contributed by atoms with E-state index >= 15 is 0 Å². The molecule has 1 aromatic heterocycles. The van der Waals surface area contributed by atoms with Crippen LogP contribution in [0.4, 0.5) is 5.13 Å². The lowest BCUT2D eigenvalue weighted by Crippen LogP contribution is -2.29. The minimum Gasteiger partial charge on any atom is -0.507 e. The quantitative estimate of drug-likeness (QED) is 0.0938. The Morgan fingerprint density at radius 1 is 1.02 bits per heavy atom. The summed E-state index contributed by atoms with van der Waals surface area (Å²) in [5.74, 6) is -1.31. The maximum absolute atomic E-state index is 13.6. The number of ether oxygens (including phenoxy) is 4. The van der Waals surface area contributed by atoms with Gasteiger partial charge in [0.1, 0.15) is 23.0 Å². The van der Waals surface area contributed by atoms with E-state index in [9.17, 15) is 19.5 Å². The Kier molecular flexibility index (Phi) is 9.64. The maximum Gasteiger partial charge on any atom is 0.350 e. The third kappa shape index (κ3) is 6.01. The van der Waals surface area contributed by atoms with E-state index in [4.69, 9.17) is 18.9 Å². The Balaban J connectivity index is 1.90. The van der Waals surface area contributed by atoms with E-state index in [1.54, 1.807) is 49.4 Å². The van der Waals surface area contributed by atoms with Crippen molar-refractivity contribution in [3.8, 4) is 17.2 Å². The maximum atomic E-state index is 13.6. The van der Waals surface area contributed by atoms with Crippen molar-refractivity contribution in [1.82, 2.24) is 4.98 Å². The minimum atomic E-state index is -1.09. The number of rotatable bonds is 12. The second-order valence-electron chi connectivity index (χ2n) is 9.00. The molecule has 0 spiro atoms. The molecule has 1 N–H and O–H groups in total. The topological polar surface area (TPSA) is 124 Å². The monoisotopic (exact) mass is 592 g/mol. The molecular formula is C31H32N2O8S. The van der Waals surface area contributed by atoms with Gasteiger partial charge in [0.15, 0.2) is 16.6 Å². The van der Waals surface area contributed by atoms with Gasteiger partial charge in [0.05, 0.1) is 37.1 Å². The SMILES string of the molecule is C=CCOC(=O)c1sc(N2C(=O)C(=O)C(=C(O)c3ccc(OCC)cc3)C2c2ccc(OCC)c(OCC)c2)nc1C. The summed E-state index contributed by atoms with van der Waals surface area (Å²) in [5.41, 5.74) is 0.982. The van der Waals surface area contributed by atoms with Crippen LogP contribution in [-0.2, 0) is 14.3 Å². The zero-order valence-corrected chi connectivity index (χ0v) is 24.7. The second kappa shape index (κ2) is 13.3. The van der Waals surface area contributed by atoms with Crippen LogP contribution in [0.25, 0.3) is 5.76 Å². The van der Waals surface area contributed by atoms with Crippen LogP contribution in [0.1, 0.15) is 53.3 Å². The van der Waals surface area contributed by atoms with Gasteiger partial charge in [-0.3, -0.25) is 14.5 Å². The van der Waals surface area contributed by atoms with E-state index in [0.29, 0.717) is 53.9 Å². The molecule has 1 amide bonds. The summed E-state index contributed by atoms with van der Waals surface area (Å²) < 4.78 is 22.2. The van der Waals surface area contributed by atoms with Crippen molar-refractivity contribution in [1.29, 1.82) is 0 Å². The highest BCUT2D eigenvalue weighted by Crippen LogP contribution is 2.45. The standard InChI is InChI=1S/C31H32N2O8S/c1-6-16-41-30(37)28-18(5)32-31(42-28)33-25(20-12-15-22(39-8-3)23(17-20)40-9-4)24(27(35)29(33)36)26(34)19-10-13-21(14-11-19)38-7-2/h6,10-15,17,25,34H,1,7-9,16H2,2-5H3. The number of hydrogen-bond acceptors (Lipinski definition) is 10. The lowest BCUT2D eigenvalue weighted by atomic mass is 9.95. The van der Waals surface area contributed by atoms with Gasteiger partial charge in [-0.1, -0.05) is 30.1 Å². The van der Waals surface area contributed by atoms with Crippen LogP contribution < -0.4 is 19.1 Å². The summed E-state index contributed by atoms with van der Waals surface area (Å²) in [7, 11) is 0. The average molecular weight is 593 g/mol. The molecule has 1 aliphatic rings. The molecule has 1 atom stereocenters. The largest absolute Gasteiger partial charge is 0.507 e. The van der Waals surface area contributed by atoms with Crippen molar-refractivity contribution >= 4 is 39.9 Å². The first kappa shape index (κ1) is 30.3. The van der Waals surface area contributed by atoms with Crippen molar-refractivity contribution in [3.63, 3.8) is 0 Å². The Hall–Kier alpha value is -4.64. The molecule has 2 aromatic carbocycles. The zero-order valence-electron chi connectivity index (χ0n) is 23.8. The van der Waals surface area contributed by atoms with Crippen LogP contribution >= 0.6 is 11.3 Å². The first-order valence-corrected chi connectivity index (χ1v) is 14.3. The second-order valence-corrected chi connectivity index (χ2v) is 9.97. The van der Waals surface area contributed by atoms with E-state index in [1.165, 1.54) is 11.0 Å². The molecule has 1 aliphatic heterocycles. The summed E-state index contributed by atoms with van der Waals surface area (Å²) in [6.07, 6.45) is 1.44. The van der Waals surface area contributed by atoms with E-state index in [0.717, 1.165) is 11.3 Å². The minimum absolute atomic E-state index is 0.00446. The molecule has 0 saturated carbocycles. The summed E-state index contributed by atoms with van der Waals surface area (Å²) in [5, 5.41) is 11.6. The van der Waals surface area contributed by atoms with Gasteiger partial charge in [0.2, 0.25) is 0 Å². The van der Waals surface area contributed by atoms with Crippen molar-refractivity contribution in [2.24, 2.45) is 0 Å². The van der Waals surface area contributed by atoms with Crippen LogP contribution in [0.5, 0.6) is 17.2 Å². The Morgan fingerprint density at radius 2 is 1.69 bits per heavy atom. The predicted molar refractivity (Wildman–Crippen MR) is 159 cm³/mol. The Morgan fingerprint density at radius 3 is 2.33 bits per heavy atom. The third-order valence-corrected chi connectivity index (χ3v) is 7.41. The summed E-state index contributed by atoms with van der Waals surface area (Å²) >= 11 is 0.918. The number of esters is 1. The van der Waals surface area contributed by atoms with Gasteiger partial charge in [0, 0.05) is 5.56 Å². The van der Waals surface area contributed by atoms with Gasteiger partial charge < -0.3 is 24.1 Å². The fraction of sp³-hybridized carbons (Fsp3) is 0.290. The number of ketones is 1. The highest BCUT2D eigenvalue weighted by atomic mass is 32.1. The molecule has 0 bridgehead atoms. The van der Waals surface area contributed by atoms with Crippen LogP contribution in [0.2, 0.25) is 0 Å². The van der Waals surface area contributed by atoms with E-state index in [1.807, 2.05) is 20.8 Å². The van der Waals surface area contributed by atoms with E-state index in [-0.39, 0.29) is 27.9 Å². The van der Waals surface area contributed by atoms with E-state index < -0.39 is 23.7 Å². The first-order valence-electron chi connectivity index (χ1n) is 13.4. The molecule has 220 valence electrons. The molecule has 2 heterocycles. The molecule has 1 saturated heterocycles. The zero-order chi connectivity index (χ0) is 30.4. The molecular weight excluding hydrogens is 560 g/mol. The molecule has 11 heteroatoms. The van der Waals surface area contributed by atoms with Gasteiger partial charge in [-0.25, -0.2) is 9.78 Å². The van der Waals surface area contributed by atoms with Gasteiger partial charge >= 0.3 is 11.9 Å². The van der Waals surface area contributed by atoms with Crippen LogP contribution in [0, 0.1) is 6.92 Å². The van der Waals surface area contributed by atoms with E-state index in [2.05, 4.69) is 11.6 Å². The Labute approximate surface area is 247 Å². The highest BCUT2D eigenvalue weighted by Gasteiger charge is 2.48. The summed E-state index contributed by atoms with van der Waals surface area (Å²) in [6, 6.07) is 10.5. The predicted octanol–water partition coefficient (Wildman–Crippen LogP) is 5.62. The van der Waals surface area contributed by atoms with Gasteiger partial charge in [0.25, 0.3) is 5.78 Å². The molecule has 0 aliphatic carbocycles. The van der Waals surface area contributed by atoms with Crippen molar-refractivity contribution in [2.75, 3.05) is 31.3 Å². The van der Waals surface area contributed by atoms with Gasteiger partial charge in [-0.2, -0.15) is 0 Å². The number of anilines is 1. The fourth-order valence-corrected chi connectivity index (χ4v) is 5.48. The number of nitrogens with zero attached hydrogens (tertiary/aromatic N) is 2. The highest BCUT2D eigenvalue weighted by molar-refractivity contribution is 7.17. The molecule has 42 heavy (non-hydrogen) atoms. The van der Waals surface area contributed by atoms with Crippen molar-refractivity contribution < 1.29 is 38.4 Å². The molecule has 3 aromatic rings. The lowest BCUT2D eigenvalue weighted by molar-refractivity contribution is -0.132. The van der Waals surface area contributed by atoms with Crippen LogP contribution in [-0.4, -0.2) is 54.2 Å². The number of aromatic nitrogens is 1. The molecule has 4 rings (SSSR count). The van der Waals surface area contributed by atoms with Gasteiger partial charge in [-0.05, 0) is 69.7 Å². The smallest absolute Gasteiger partial charge is 0.350 e. The molecule has 1 fully saturated rings. The average Bonchev–Trinajstić information content (AvgIpc) is 3.49. The number of aliphatic hydroxyl groups excluding tert-OH is 1. The number of carbonyl (C=O) groups is 3. The molecule has 0 radical (unpaired) electrons. The number of benzene rings is 2. The summed E-state index contributed by atoms with van der Waals surface area (Å²) in [4.78, 5) is 45.7. The molecule has 1 unspecified atom stereocenters. The number of carbonyl (C=O) groups excluding carboxylic acids is 3. The van der Waals surface area contributed by atoms with Crippen molar-refractivity contribution in [3.05, 3.63) is 82.4 Å². The number of hydrogen-bond donors (Lipinski definition) is 1. The van der Waals surface area contributed by atoms with Crippen molar-refractivity contribution in [2.45, 2.75) is 33.7 Å². The summed E-state index contributed by atoms with van der Waals surface area (Å²) in [6.45, 7) is 11.9. The number of aliphatic hydroxyl groups is 1. The molecule has 10 nitrogen and oxygen atoms in total. The van der Waals surface area contributed by atoms with Crippen LogP contribution in [0.15, 0.2) is 60.7 Å². The lowest BCUT2D eigenvalue weighted by Gasteiger charge is -2.24. The Bertz CT molecular complexity index is 1530. The van der Waals surface area contributed by atoms with Gasteiger partial charge in [-0.15, -0.1) is 0 Å². The third-order valence-electron chi connectivity index (χ3n) is 6.28. The normalized spacial score (nSPS) is 15.9. The fourth-order valence-electron chi connectivity index (χ4n) is 4.49. The number of thiazole rings is 1. The number of aryl methyl sites for hydroxylation is 1. The van der Waals surface area contributed by atoms with Crippen LogP contribution in [0.3, 0.4) is 0 Å².